The fraction of sp³-hybridized carbons (Fsp3) is 1.00. The molecule has 0 amide bonds. The van der Waals surface area contributed by atoms with Crippen molar-refractivity contribution in [2.45, 2.75) is 39.0 Å². The third kappa shape index (κ3) is 2.90. The van der Waals surface area contributed by atoms with Gasteiger partial charge in [-0.05, 0) is 51.4 Å². The highest BCUT2D eigenvalue weighted by Crippen LogP contribution is 2.37. The van der Waals surface area contributed by atoms with Gasteiger partial charge in [0.2, 0.25) is 0 Å². The maximum absolute atomic E-state index is 5.93. The molecule has 19 heavy (non-hydrogen) atoms. The monoisotopic (exact) mass is 286 g/mol. The molecule has 1 saturated carbocycles. The van der Waals surface area contributed by atoms with Gasteiger partial charge in [-0.15, -0.1) is 0 Å². The van der Waals surface area contributed by atoms with Crippen LogP contribution in [0.1, 0.15) is 39.0 Å². The lowest BCUT2D eigenvalue weighted by atomic mass is 9.76. The largest absolute Gasteiger partial charge is 0.521 e. The summed E-state index contributed by atoms with van der Waals surface area (Å²) in [4.78, 5) is 0. The number of fused-ring (bicyclic) bond motifs is 1. The second kappa shape index (κ2) is 6.67. The number of rotatable bonds is 5. The van der Waals surface area contributed by atoms with Crippen LogP contribution >= 0.6 is 0 Å². The van der Waals surface area contributed by atoms with Crippen LogP contribution in [0.5, 0.6) is 0 Å². The van der Waals surface area contributed by atoms with Crippen LogP contribution in [-0.4, -0.2) is 58.9 Å². The van der Waals surface area contributed by atoms with Gasteiger partial charge in [0.1, 0.15) is 0 Å². The predicted octanol–water partition coefficient (Wildman–Crippen LogP) is 2.18. The Kier molecular flexibility index (Phi) is 5.43. The first-order chi connectivity index (χ1) is 9.17. The second-order valence-electron chi connectivity index (χ2n) is 6.01. The minimum absolute atomic E-state index is 0.866. The molecule has 0 radical (unpaired) electrons. The first kappa shape index (κ1) is 15.4. The molecule has 1 saturated heterocycles. The summed E-state index contributed by atoms with van der Waals surface area (Å²) in [6.07, 6.45) is 7.01. The molecule has 2 fully saturated rings. The number of piperidine rings is 1. The van der Waals surface area contributed by atoms with Gasteiger partial charge in [-0.25, -0.2) is 0 Å². The van der Waals surface area contributed by atoms with Crippen molar-refractivity contribution >= 4 is 8.88 Å². The third-order valence-corrected chi connectivity index (χ3v) is 8.73. The first-order valence-corrected chi connectivity index (χ1v) is 9.45. The molecular formula is C14H30N2O2Si. The molecule has 112 valence electrons. The highest BCUT2D eigenvalue weighted by Gasteiger charge is 2.51. The molecule has 5 heteroatoms. The van der Waals surface area contributed by atoms with Gasteiger partial charge >= 0.3 is 8.88 Å². The maximum atomic E-state index is 5.93. The van der Waals surface area contributed by atoms with Crippen molar-refractivity contribution < 1.29 is 8.85 Å². The van der Waals surface area contributed by atoms with Crippen molar-refractivity contribution in [1.29, 1.82) is 0 Å². The first-order valence-electron chi connectivity index (χ1n) is 7.74. The number of nitrogens with zero attached hydrogens (tertiary/aromatic N) is 2. The van der Waals surface area contributed by atoms with E-state index in [4.69, 9.17) is 8.85 Å². The van der Waals surface area contributed by atoms with Crippen LogP contribution in [0.3, 0.4) is 0 Å². The third-order valence-electron chi connectivity index (χ3n) is 5.18. The van der Waals surface area contributed by atoms with E-state index < -0.39 is 8.88 Å². The Morgan fingerprint density at radius 1 is 1.11 bits per heavy atom. The minimum atomic E-state index is -2.36. The van der Waals surface area contributed by atoms with E-state index in [0.717, 1.165) is 24.9 Å². The molecule has 2 rings (SSSR count). The molecule has 2 atom stereocenters. The van der Waals surface area contributed by atoms with Crippen molar-refractivity contribution in [2.24, 2.45) is 11.8 Å². The lowest BCUT2D eigenvalue weighted by Crippen LogP contribution is -2.70. The molecule has 0 aromatic heterocycles. The minimum Gasteiger partial charge on any atom is -0.374 e. The SMILES string of the molecule is CCN(C)[Si](OC)(OC)N1CCC2CCCCC2C1. The van der Waals surface area contributed by atoms with Gasteiger partial charge in [0.15, 0.2) is 0 Å². The summed E-state index contributed by atoms with van der Waals surface area (Å²) in [6.45, 7) is 5.45. The average molecular weight is 286 g/mol. The van der Waals surface area contributed by atoms with E-state index in [-0.39, 0.29) is 0 Å². The molecule has 0 aromatic carbocycles. The molecule has 0 N–H and O–H groups in total. The van der Waals surface area contributed by atoms with Crippen LogP contribution in [0.25, 0.3) is 0 Å². The summed E-state index contributed by atoms with van der Waals surface area (Å²) in [7, 11) is 3.40. The van der Waals surface area contributed by atoms with Crippen molar-refractivity contribution in [1.82, 2.24) is 9.13 Å². The number of hydrogen-bond donors (Lipinski definition) is 0. The molecule has 0 spiro atoms. The van der Waals surface area contributed by atoms with Crippen LogP contribution in [-0.2, 0) is 8.85 Å². The molecule has 4 nitrogen and oxygen atoms in total. The van der Waals surface area contributed by atoms with E-state index in [0.29, 0.717) is 0 Å². The van der Waals surface area contributed by atoms with Gasteiger partial charge < -0.3 is 8.85 Å². The number of hydrogen-bond acceptors (Lipinski definition) is 4. The van der Waals surface area contributed by atoms with Crippen LogP contribution in [0.4, 0.5) is 0 Å². The summed E-state index contributed by atoms with van der Waals surface area (Å²) in [5, 5.41) is 0. The van der Waals surface area contributed by atoms with Gasteiger partial charge in [-0.3, -0.25) is 9.13 Å². The van der Waals surface area contributed by atoms with Crippen LogP contribution in [0, 0.1) is 11.8 Å². The van der Waals surface area contributed by atoms with Gasteiger partial charge in [0.25, 0.3) is 0 Å². The standard InChI is InChI=1S/C14H30N2O2Si/c1-5-15(2)19(17-3,18-4)16-11-10-13-8-6-7-9-14(13)12-16/h13-14H,5-12H2,1-4H3. The fourth-order valence-electron chi connectivity index (χ4n) is 3.95. The Labute approximate surface area is 119 Å². The summed E-state index contributed by atoms with van der Waals surface area (Å²) < 4.78 is 16.7. The Morgan fingerprint density at radius 3 is 2.32 bits per heavy atom. The fourth-order valence-corrected chi connectivity index (χ4v) is 7.02. The van der Waals surface area contributed by atoms with Crippen LogP contribution < -0.4 is 0 Å². The highest BCUT2D eigenvalue weighted by molar-refractivity contribution is 6.61. The normalized spacial score (nSPS) is 29.5. The Balaban J connectivity index is 2.10. The van der Waals surface area contributed by atoms with Crippen molar-refractivity contribution in [3.8, 4) is 0 Å². The zero-order chi connectivity index (χ0) is 13.9. The Morgan fingerprint density at radius 2 is 1.74 bits per heavy atom. The average Bonchev–Trinajstić information content (AvgIpc) is 2.48. The van der Waals surface area contributed by atoms with E-state index in [1.807, 2.05) is 14.2 Å². The Bertz CT molecular complexity index is 287. The van der Waals surface area contributed by atoms with Crippen molar-refractivity contribution in [3.05, 3.63) is 0 Å². The van der Waals surface area contributed by atoms with E-state index in [1.54, 1.807) is 0 Å². The smallest absolute Gasteiger partial charge is 0.374 e. The molecule has 1 aliphatic heterocycles. The van der Waals surface area contributed by atoms with Crippen molar-refractivity contribution in [2.75, 3.05) is 40.9 Å². The summed E-state index contributed by atoms with van der Waals surface area (Å²) in [5.41, 5.74) is 0. The van der Waals surface area contributed by atoms with E-state index in [9.17, 15) is 0 Å². The topological polar surface area (TPSA) is 24.9 Å². The summed E-state index contributed by atoms with van der Waals surface area (Å²) >= 11 is 0. The quantitative estimate of drug-likeness (QED) is 0.723. The van der Waals surface area contributed by atoms with Gasteiger partial charge in [-0.1, -0.05) is 26.2 Å². The lowest BCUT2D eigenvalue weighted by Gasteiger charge is -2.48. The predicted molar refractivity (Wildman–Crippen MR) is 79.7 cm³/mol. The molecule has 1 heterocycles. The highest BCUT2D eigenvalue weighted by atomic mass is 28.4. The zero-order valence-corrected chi connectivity index (χ0v) is 14.0. The molecule has 0 bridgehead atoms. The Hall–Kier alpha value is 0.0569. The summed E-state index contributed by atoms with van der Waals surface area (Å²) in [5.74, 6) is 1.82. The van der Waals surface area contributed by atoms with E-state index in [1.165, 1.54) is 38.6 Å². The lowest BCUT2D eigenvalue weighted by molar-refractivity contribution is 0.0517. The zero-order valence-electron chi connectivity index (χ0n) is 13.0. The van der Waals surface area contributed by atoms with E-state index >= 15 is 0 Å². The van der Waals surface area contributed by atoms with Gasteiger partial charge in [-0.2, -0.15) is 0 Å². The molecule has 1 aliphatic carbocycles. The molecule has 0 aromatic rings. The van der Waals surface area contributed by atoms with E-state index in [2.05, 4.69) is 23.1 Å². The maximum Gasteiger partial charge on any atom is 0.521 e. The van der Waals surface area contributed by atoms with Crippen molar-refractivity contribution in [3.63, 3.8) is 0 Å². The molecule has 2 aliphatic rings. The second-order valence-corrected chi connectivity index (χ2v) is 9.32. The molecular weight excluding hydrogens is 256 g/mol. The van der Waals surface area contributed by atoms with Crippen LogP contribution in [0.15, 0.2) is 0 Å². The van der Waals surface area contributed by atoms with Crippen LogP contribution in [0.2, 0.25) is 0 Å². The summed E-state index contributed by atoms with van der Waals surface area (Å²) in [6, 6.07) is 0. The van der Waals surface area contributed by atoms with Gasteiger partial charge in [0.05, 0.1) is 0 Å². The molecule has 2 unspecified atom stereocenters. The van der Waals surface area contributed by atoms with Gasteiger partial charge in [0, 0.05) is 14.2 Å².